The molecule has 0 N–H and O–H groups in total. The summed E-state index contributed by atoms with van der Waals surface area (Å²) in [5, 5.41) is 0. The smallest absolute Gasteiger partial charge is 0.303 e. The van der Waals surface area contributed by atoms with Gasteiger partial charge in [-0.1, -0.05) is 0 Å². The second kappa shape index (κ2) is 4.18. The zero-order chi connectivity index (χ0) is 9.84. The topological polar surface area (TPSA) is 52.6 Å². The second-order valence-electron chi connectivity index (χ2n) is 2.71. The first kappa shape index (κ1) is 9.92. The first-order chi connectivity index (χ1) is 6.15. The molecule has 72 valence electrons. The number of rotatable bonds is 3. The van der Waals surface area contributed by atoms with Crippen molar-refractivity contribution in [1.82, 2.24) is 0 Å². The van der Waals surface area contributed by atoms with E-state index in [9.17, 15) is 9.59 Å². The average Bonchev–Trinajstić information content (AvgIpc) is 2.36. The Hall–Kier alpha value is -1.16. The molecule has 0 amide bonds. The van der Waals surface area contributed by atoms with Crippen LogP contribution in [-0.2, 0) is 19.1 Å². The van der Waals surface area contributed by atoms with Crippen LogP contribution in [0.4, 0.5) is 0 Å². The highest BCUT2D eigenvalue weighted by atomic mass is 16.6. The molecule has 0 saturated heterocycles. The molecule has 0 unspecified atom stereocenters. The molecule has 0 fully saturated rings. The first-order valence-corrected chi connectivity index (χ1v) is 4.16. The van der Waals surface area contributed by atoms with Crippen LogP contribution in [-0.4, -0.2) is 30.6 Å². The molecule has 1 aliphatic rings. The van der Waals surface area contributed by atoms with Gasteiger partial charge in [-0.2, -0.15) is 0 Å². The monoisotopic (exact) mass is 184 g/mol. The Morgan fingerprint density at radius 1 is 1.62 bits per heavy atom. The van der Waals surface area contributed by atoms with Crippen molar-refractivity contribution in [3.8, 4) is 0 Å². The van der Waals surface area contributed by atoms with Crippen LogP contribution in [0.1, 0.15) is 13.8 Å². The third kappa shape index (κ3) is 2.39. The fourth-order valence-electron chi connectivity index (χ4n) is 1.19. The van der Waals surface area contributed by atoms with E-state index in [4.69, 9.17) is 9.47 Å². The highest BCUT2D eigenvalue weighted by Crippen LogP contribution is 2.15. The van der Waals surface area contributed by atoms with E-state index in [1.807, 2.05) is 6.92 Å². The van der Waals surface area contributed by atoms with Gasteiger partial charge >= 0.3 is 5.97 Å². The van der Waals surface area contributed by atoms with Crippen molar-refractivity contribution in [2.24, 2.45) is 0 Å². The lowest BCUT2D eigenvalue weighted by molar-refractivity contribution is -0.156. The molecule has 0 bridgehead atoms. The lowest BCUT2D eigenvalue weighted by Gasteiger charge is -2.17. The van der Waals surface area contributed by atoms with Gasteiger partial charge in [-0.15, -0.1) is 0 Å². The molecule has 0 aromatic rings. The highest BCUT2D eigenvalue weighted by molar-refractivity contribution is 5.98. The van der Waals surface area contributed by atoms with Crippen LogP contribution in [0.3, 0.4) is 0 Å². The summed E-state index contributed by atoms with van der Waals surface area (Å²) in [6, 6.07) is 0. The van der Waals surface area contributed by atoms with Crippen LogP contribution in [0, 0.1) is 0 Å². The average molecular weight is 184 g/mol. The molecular formula is C9H12O4. The summed E-state index contributed by atoms with van der Waals surface area (Å²) in [5.41, 5.74) is 0. The van der Waals surface area contributed by atoms with E-state index in [0.717, 1.165) is 0 Å². The normalized spacial score (nSPS) is 26.5. The van der Waals surface area contributed by atoms with Gasteiger partial charge in [-0.3, -0.25) is 9.59 Å². The third-order valence-electron chi connectivity index (χ3n) is 1.68. The number of hydrogen-bond donors (Lipinski definition) is 0. The maximum atomic E-state index is 11.2. The Kier molecular flexibility index (Phi) is 3.19. The van der Waals surface area contributed by atoms with Crippen molar-refractivity contribution in [2.75, 3.05) is 6.61 Å². The van der Waals surface area contributed by atoms with E-state index in [0.29, 0.717) is 6.61 Å². The van der Waals surface area contributed by atoms with Gasteiger partial charge in [0.15, 0.2) is 11.9 Å². The molecule has 2 atom stereocenters. The number of hydrogen-bond acceptors (Lipinski definition) is 4. The van der Waals surface area contributed by atoms with Gasteiger partial charge in [0.2, 0.25) is 0 Å². The minimum Gasteiger partial charge on any atom is -0.451 e. The van der Waals surface area contributed by atoms with Crippen molar-refractivity contribution in [2.45, 2.75) is 26.1 Å². The summed E-state index contributed by atoms with van der Waals surface area (Å²) in [6.45, 7) is 3.58. The Morgan fingerprint density at radius 3 is 2.85 bits per heavy atom. The molecule has 0 aromatic heterocycles. The van der Waals surface area contributed by atoms with E-state index in [-0.39, 0.29) is 5.78 Å². The predicted molar refractivity (Wildman–Crippen MR) is 45.1 cm³/mol. The van der Waals surface area contributed by atoms with Crippen LogP contribution in [0.5, 0.6) is 0 Å². The van der Waals surface area contributed by atoms with Gasteiger partial charge in [0.25, 0.3) is 0 Å². The van der Waals surface area contributed by atoms with Gasteiger partial charge in [-0.05, 0) is 19.1 Å². The summed E-state index contributed by atoms with van der Waals surface area (Å²) in [6.07, 6.45) is 1.80. The molecule has 0 saturated carbocycles. The Balaban J connectivity index is 2.58. The molecule has 0 heterocycles. The van der Waals surface area contributed by atoms with Gasteiger partial charge in [0, 0.05) is 13.5 Å². The third-order valence-corrected chi connectivity index (χ3v) is 1.68. The summed E-state index contributed by atoms with van der Waals surface area (Å²) in [7, 11) is 0. The van der Waals surface area contributed by atoms with Crippen molar-refractivity contribution < 1.29 is 19.1 Å². The SMILES string of the molecule is CCO[C@@H]1C=CC(=O)[C@H]1OC(C)=O. The van der Waals surface area contributed by atoms with E-state index >= 15 is 0 Å². The molecule has 1 aliphatic carbocycles. The fraction of sp³-hybridized carbons (Fsp3) is 0.556. The molecule has 0 aromatic carbocycles. The van der Waals surface area contributed by atoms with E-state index in [1.54, 1.807) is 6.08 Å². The molecule has 4 nitrogen and oxygen atoms in total. The van der Waals surface area contributed by atoms with E-state index in [2.05, 4.69) is 0 Å². The predicted octanol–water partition coefficient (Wildman–Crippen LogP) is 0.462. The minimum absolute atomic E-state index is 0.214. The highest BCUT2D eigenvalue weighted by Gasteiger charge is 2.33. The molecule has 4 heteroatoms. The number of ether oxygens (including phenoxy) is 2. The Morgan fingerprint density at radius 2 is 2.31 bits per heavy atom. The largest absolute Gasteiger partial charge is 0.451 e. The number of esters is 1. The zero-order valence-electron chi connectivity index (χ0n) is 7.65. The second-order valence-corrected chi connectivity index (χ2v) is 2.71. The van der Waals surface area contributed by atoms with Crippen LogP contribution in [0.2, 0.25) is 0 Å². The molecule has 0 spiro atoms. The maximum Gasteiger partial charge on any atom is 0.303 e. The van der Waals surface area contributed by atoms with Crippen LogP contribution >= 0.6 is 0 Å². The lowest BCUT2D eigenvalue weighted by atomic mass is 10.2. The lowest BCUT2D eigenvalue weighted by Crippen LogP contribution is -2.33. The number of carbonyl (C=O) groups is 2. The molecule has 13 heavy (non-hydrogen) atoms. The molecule has 0 aliphatic heterocycles. The Labute approximate surface area is 76.5 Å². The number of ketones is 1. The van der Waals surface area contributed by atoms with Crippen molar-refractivity contribution >= 4 is 11.8 Å². The van der Waals surface area contributed by atoms with Gasteiger partial charge in [0.1, 0.15) is 6.10 Å². The van der Waals surface area contributed by atoms with Crippen molar-refractivity contribution in [3.63, 3.8) is 0 Å². The maximum absolute atomic E-state index is 11.2. The minimum atomic E-state index is -0.780. The van der Waals surface area contributed by atoms with Crippen LogP contribution in [0.15, 0.2) is 12.2 Å². The molecule has 1 rings (SSSR count). The van der Waals surface area contributed by atoms with Crippen molar-refractivity contribution in [1.29, 1.82) is 0 Å². The Bertz CT molecular complexity index is 244. The van der Waals surface area contributed by atoms with Crippen molar-refractivity contribution in [3.05, 3.63) is 12.2 Å². The van der Waals surface area contributed by atoms with E-state index < -0.39 is 18.2 Å². The standard InChI is InChI=1S/C9H12O4/c1-3-12-8-5-4-7(11)9(8)13-6(2)10/h4-5,8-9H,3H2,1-2H3/t8-,9-/m1/s1. The van der Waals surface area contributed by atoms with Crippen LogP contribution < -0.4 is 0 Å². The van der Waals surface area contributed by atoms with Crippen LogP contribution in [0.25, 0.3) is 0 Å². The first-order valence-electron chi connectivity index (χ1n) is 4.16. The fourth-order valence-corrected chi connectivity index (χ4v) is 1.19. The van der Waals surface area contributed by atoms with Gasteiger partial charge in [0.05, 0.1) is 0 Å². The summed E-state index contributed by atoms with van der Waals surface area (Å²) >= 11 is 0. The number of carbonyl (C=O) groups excluding carboxylic acids is 2. The summed E-state index contributed by atoms with van der Waals surface area (Å²) in [5.74, 6) is -0.680. The molecule has 0 radical (unpaired) electrons. The molecular weight excluding hydrogens is 172 g/mol. The summed E-state index contributed by atoms with van der Waals surface area (Å²) < 4.78 is 10.0. The van der Waals surface area contributed by atoms with E-state index in [1.165, 1.54) is 13.0 Å². The van der Waals surface area contributed by atoms with Gasteiger partial charge < -0.3 is 9.47 Å². The van der Waals surface area contributed by atoms with Gasteiger partial charge in [-0.25, -0.2) is 0 Å². The summed E-state index contributed by atoms with van der Waals surface area (Å²) in [4.78, 5) is 21.8. The zero-order valence-corrected chi connectivity index (χ0v) is 7.65. The quantitative estimate of drug-likeness (QED) is 0.598.